The lowest BCUT2D eigenvalue weighted by Crippen LogP contribution is -2.29. The number of hydrogen-bond donors (Lipinski definition) is 2. The highest BCUT2D eigenvalue weighted by Crippen LogP contribution is 2.20. The van der Waals surface area contributed by atoms with Crippen LogP contribution in [0.5, 0.6) is 0 Å². The Balaban J connectivity index is 2.19. The number of benzene rings is 1. The second-order valence-electron chi connectivity index (χ2n) is 3.92. The van der Waals surface area contributed by atoms with Crippen molar-refractivity contribution in [2.75, 3.05) is 24.5 Å². The van der Waals surface area contributed by atoms with Crippen LogP contribution in [0.25, 0.3) is 0 Å². The van der Waals surface area contributed by atoms with E-state index in [4.69, 9.17) is 5.73 Å². The number of nitrogens with one attached hydrogen (secondary N) is 1. The predicted octanol–water partition coefficient (Wildman–Crippen LogP) is 0.472. The molecule has 1 amide bonds. The van der Waals surface area contributed by atoms with E-state index >= 15 is 0 Å². The van der Waals surface area contributed by atoms with E-state index in [-0.39, 0.29) is 5.91 Å². The van der Waals surface area contributed by atoms with Crippen LogP contribution in [0.1, 0.15) is 12.0 Å². The molecule has 1 aliphatic heterocycles. The van der Waals surface area contributed by atoms with E-state index in [1.54, 1.807) is 0 Å². The number of rotatable bonds is 2. The molecule has 0 bridgehead atoms. The molecule has 0 spiro atoms. The molecule has 4 heteroatoms. The minimum atomic E-state index is 0.132. The number of carbonyl (C=O) groups excluding carboxylic acids is 1. The van der Waals surface area contributed by atoms with Gasteiger partial charge in [0.25, 0.3) is 0 Å². The van der Waals surface area contributed by atoms with Gasteiger partial charge in [-0.25, -0.2) is 0 Å². The van der Waals surface area contributed by atoms with Crippen molar-refractivity contribution in [3.8, 4) is 0 Å². The molecule has 86 valence electrons. The van der Waals surface area contributed by atoms with Gasteiger partial charge in [-0.2, -0.15) is 0 Å². The smallest absolute Gasteiger partial charge is 0.221 e. The third-order valence-corrected chi connectivity index (χ3v) is 2.86. The highest BCUT2D eigenvalue weighted by molar-refractivity contribution is 5.77. The third-order valence-electron chi connectivity index (χ3n) is 2.86. The Bertz CT molecular complexity index is 378. The van der Waals surface area contributed by atoms with Gasteiger partial charge in [0.05, 0.1) is 0 Å². The molecule has 0 atom stereocenters. The summed E-state index contributed by atoms with van der Waals surface area (Å²) < 4.78 is 0. The Morgan fingerprint density at radius 2 is 2.12 bits per heavy atom. The van der Waals surface area contributed by atoms with Crippen LogP contribution in [-0.4, -0.2) is 25.5 Å². The maximum Gasteiger partial charge on any atom is 0.221 e. The van der Waals surface area contributed by atoms with Crippen molar-refractivity contribution in [2.45, 2.75) is 13.0 Å². The highest BCUT2D eigenvalue weighted by Gasteiger charge is 2.15. The number of amides is 1. The van der Waals surface area contributed by atoms with E-state index in [0.29, 0.717) is 19.5 Å². The van der Waals surface area contributed by atoms with Gasteiger partial charge in [-0.3, -0.25) is 4.79 Å². The van der Waals surface area contributed by atoms with Crippen LogP contribution >= 0.6 is 0 Å². The number of para-hydroxylation sites is 1. The summed E-state index contributed by atoms with van der Waals surface area (Å²) in [6.45, 7) is 2.86. The molecule has 2 rings (SSSR count). The van der Waals surface area contributed by atoms with Gasteiger partial charge in [0, 0.05) is 38.3 Å². The summed E-state index contributed by atoms with van der Waals surface area (Å²) in [6, 6.07) is 8.11. The maximum atomic E-state index is 11.3. The minimum absolute atomic E-state index is 0.132. The highest BCUT2D eigenvalue weighted by atomic mass is 16.1. The zero-order chi connectivity index (χ0) is 11.4. The van der Waals surface area contributed by atoms with Gasteiger partial charge in [-0.15, -0.1) is 0 Å². The molecule has 0 aromatic heterocycles. The molecule has 3 N–H and O–H groups in total. The number of carbonyl (C=O) groups is 1. The third kappa shape index (κ3) is 2.33. The fourth-order valence-corrected chi connectivity index (χ4v) is 2.00. The lowest BCUT2D eigenvalue weighted by atomic mass is 10.1. The summed E-state index contributed by atoms with van der Waals surface area (Å²) in [5, 5.41) is 2.87. The Hall–Kier alpha value is -1.55. The molecule has 0 saturated carbocycles. The van der Waals surface area contributed by atoms with Gasteiger partial charge in [0.15, 0.2) is 0 Å². The first kappa shape index (κ1) is 11.0. The molecular weight excluding hydrogens is 202 g/mol. The van der Waals surface area contributed by atoms with Gasteiger partial charge in [0.1, 0.15) is 0 Å². The summed E-state index contributed by atoms with van der Waals surface area (Å²) >= 11 is 0. The van der Waals surface area contributed by atoms with Crippen LogP contribution in [0.2, 0.25) is 0 Å². The van der Waals surface area contributed by atoms with Crippen molar-refractivity contribution in [1.82, 2.24) is 5.32 Å². The zero-order valence-electron chi connectivity index (χ0n) is 9.28. The molecule has 1 fully saturated rings. The number of hydrogen-bond acceptors (Lipinski definition) is 3. The quantitative estimate of drug-likeness (QED) is 0.760. The monoisotopic (exact) mass is 219 g/mol. The van der Waals surface area contributed by atoms with E-state index in [2.05, 4.69) is 16.3 Å². The Morgan fingerprint density at radius 3 is 2.94 bits per heavy atom. The molecule has 4 nitrogen and oxygen atoms in total. The molecule has 1 heterocycles. The van der Waals surface area contributed by atoms with E-state index < -0.39 is 0 Å². The SMILES string of the molecule is NCc1ccccc1N1CCNC(=O)CC1. The van der Waals surface area contributed by atoms with Crippen LogP contribution in [0, 0.1) is 0 Å². The van der Waals surface area contributed by atoms with Crippen molar-refractivity contribution in [1.29, 1.82) is 0 Å². The van der Waals surface area contributed by atoms with Crippen molar-refractivity contribution in [3.05, 3.63) is 29.8 Å². The van der Waals surface area contributed by atoms with E-state index in [1.165, 1.54) is 0 Å². The van der Waals surface area contributed by atoms with Crippen molar-refractivity contribution in [3.63, 3.8) is 0 Å². The molecule has 0 aliphatic carbocycles. The van der Waals surface area contributed by atoms with Crippen LogP contribution in [0.4, 0.5) is 5.69 Å². The van der Waals surface area contributed by atoms with Crippen LogP contribution in [-0.2, 0) is 11.3 Å². The zero-order valence-corrected chi connectivity index (χ0v) is 9.28. The van der Waals surface area contributed by atoms with Gasteiger partial charge in [-0.05, 0) is 11.6 Å². The molecule has 1 aromatic rings. The average Bonchev–Trinajstić information content (AvgIpc) is 2.54. The van der Waals surface area contributed by atoms with Crippen LogP contribution in [0.15, 0.2) is 24.3 Å². The lowest BCUT2D eigenvalue weighted by molar-refractivity contribution is -0.120. The van der Waals surface area contributed by atoms with Crippen LogP contribution in [0.3, 0.4) is 0 Å². The fourth-order valence-electron chi connectivity index (χ4n) is 2.00. The molecule has 16 heavy (non-hydrogen) atoms. The predicted molar refractivity (Wildman–Crippen MR) is 64.2 cm³/mol. The number of nitrogens with two attached hydrogens (primary N) is 1. The standard InChI is InChI=1S/C12H17N3O/c13-9-10-3-1-2-4-11(10)15-7-5-12(16)14-6-8-15/h1-4H,5-9,13H2,(H,14,16). The molecular formula is C12H17N3O. The van der Waals surface area contributed by atoms with E-state index in [9.17, 15) is 4.79 Å². The molecule has 1 aromatic carbocycles. The summed E-state index contributed by atoms with van der Waals surface area (Å²) in [7, 11) is 0. The largest absolute Gasteiger partial charge is 0.369 e. The summed E-state index contributed by atoms with van der Waals surface area (Å²) in [5.74, 6) is 0.132. The molecule has 1 saturated heterocycles. The maximum absolute atomic E-state index is 11.3. The molecule has 0 radical (unpaired) electrons. The number of anilines is 1. The van der Waals surface area contributed by atoms with E-state index in [0.717, 1.165) is 24.3 Å². The first-order valence-corrected chi connectivity index (χ1v) is 5.61. The second-order valence-corrected chi connectivity index (χ2v) is 3.92. The van der Waals surface area contributed by atoms with Crippen molar-refractivity contribution < 1.29 is 4.79 Å². The van der Waals surface area contributed by atoms with Gasteiger partial charge in [0.2, 0.25) is 5.91 Å². The first-order chi connectivity index (χ1) is 7.81. The van der Waals surface area contributed by atoms with Crippen molar-refractivity contribution in [2.24, 2.45) is 5.73 Å². The van der Waals surface area contributed by atoms with Gasteiger partial charge < -0.3 is 16.0 Å². The first-order valence-electron chi connectivity index (χ1n) is 5.61. The van der Waals surface area contributed by atoms with Crippen LogP contribution < -0.4 is 16.0 Å². The molecule has 0 unspecified atom stereocenters. The summed E-state index contributed by atoms with van der Waals surface area (Å²) in [4.78, 5) is 13.5. The van der Waals surface area contributed by atoms with Gasteiger partial charge in [-0.1, -0.05) is 18.2 Å². The topological polar surface area (TPSA) is 58.4 Å². The Morgan fingerprint density at radius 1 is 1.31 bits per heavy atom. The van der Waals surface area contributed by atoms with E-state index in [1.807, 2.05) is 18.2 Å². The number of nitrogens with zero attached hydrogens (tertiary/aromatic N) is 1. The normalized spacial score (nSPS) is 16.8. The summed E-state index contributed by atoms with van der Waals surface area (Å²) in [5.41, 5.74) is 8.00. The van der Waals surface area contributed by atoms with Crippen molar-refractivity contribution >= 4 is 11.6 Å². The Kier molecular flexibility index (Phi) is 3.41. The lowest BCUT2D eigenvalue weighted by Gasteiger charge is -2.24. The summed E-state index contributed by atoms with van der Waals surface area (Å²) in [6.07, 6.45) is 0.554. The van der Waals surface area contributed by atoms with Gasteiger partial charge >= 0.3 is 0 Å². The average molecular weight is 219 g/mol. The molecule has 1 aliphatic rings. The fraction of sp³-hybridized carbons (Fsp3) is 0.417. The Labute approximate surface area is 95.4 Å². The minimum Gasteiger partial charge on any atom is -0.369 e. The second kappa shape index (κ2) is 4.99.